The summed E-state index contributed by atoms with van der Waals surface area (Å²) in [6, 6.07) is 0.941. The van der Waals surface area contributed by atoms with Gasteiger partial charge in [-0.1, -0.05) is 32.6 Å². The molecule has 16 heavy (non-hydrogen) atoms. The third kappa shape index (κ3) is 3.80. The fourth-order valence-electron chi connectivity index (χ4n) is 2.70. The van der Waals surface area contributed by atoms with Crippen molar-refractivity contribution in [2.75, 3.05) is 0 Å². The predicted octanol–water partition coefficient (Wildman–Crippen LogP) is 3.75. The van der Waals surface area contributed by atoms with Gasteiger partial charge in [0, 0.05) is 18.5 Å². The first-order chi connectivity index (χ1) is 7.66. The minimum Gasteiger partial charge on any atom is -0.337 e. The molecule has 94 valence electrons. The van der Waals surface area contributed by atoms with Gasteiger partial charge in [-0.05, 0) is 33.1 Å². The number of amides is 1. The van der Waals surface area contributed by atoms with Crippen LogP contribution in [-0.4, -0.2) is 22.9 Å². The van der Waals surface area contributed by atoms with E-state index in [1.54, 1.807) is 0 Å². The van der Waals surface area contributed by atoms with Crippen LogP contribution in [0.2, 0.25) is 0 Å². The molecule has 0 spiro atoms. The van der Waals surface area contributed by atoms with E-state index in [9.17, 15) is 4.79 Å². The molecule has 0 aromatic carbocycles. The molecule has 1 amide bonds. The van der Waals surface area contributed by atoms with Gasteiger partial charge in [0.2, 0.25) is 5.91 Å². The van der Waals surface area contributed by atoms with Crippen LogP contribution in [0.1, 0.15) is 72.1 Å². The van der Waals surface area contributed by atoms with Crippen molar-refractivity contribution in [1.29, 1.82) is 0 Å². The molecule has 0 unspecified atom stereocenters. The zero-order valence-corrected chi connectivity index (χ0v) is 11.2. The minimum absolute atomic E-state index is 0.383. The maximum atomic E-state index is 12.0. The molecule has 0 aromatic heterocycles. The van der Waals surface area contributed by atoms with Crippen molar-refractivity contribution >= 4 is 5.91 Å². The number of hydrogen-bond acceptors (Lipinski definition) is 1. The van der Waals surface area contributed by atoms with Crippen molar-refractivity contribution < 1.29 is 4.79 Å². The quantitative estimate of drug-likeness (QED) is 0.630. The Labute approximate surface area is 100 Å². The summed E-state index contributed by atoms with van der Waals surface area (Å²) >= 11 is 0. The van der Waals surface area contributed by atoms with E-state index in [1.165, 1.54) is 38.5 Å². The Kier molecular flexibility index (Phi) is 5.86. The number of carbonyl (C=O) groups is 1. The molecule has 0 saturated carbocycles. The molecule has 0 radical (unpaired) electrons. The summed E-state index contributed by atoms with van der Waals surface area (Å²) in [4.78, 5) is 14.1. The zero-order chi connectivity index (χ0) is 12.0. The van der Waals surface area contributed by atoms with Crippen molar-refractivity contribution in [3.8, 4) is 0 Å². The fourth-order valence-corrected chi connectivity index (χ4v) is 2.70. The summed E-state index contributed by atoms with van der Waals surface area (Å²) in [5.74, 6) is 0.383. The zero-order valence-electron chi connectivity index (χ0n) is 11.2. The van der Waals surface area contributed by atoms with Gasteiger partial charge in [-0.25, -0.2) is 0 Å². The van der Waals surface area contributed by atoms with E-state index in [2.05, 4.69) is 25.7 Å². The average Bonchev–Trinajstić information content (AvgIpc) is 2.58. The Morgan fingerprint density at radius 1 is 1.06 bits per heavy atom. The number of unbranched alkanes of at least 4 members (excludes halogenated alkanes) is 4. The Bertz CT molecular complexity index is 205. The molecule has 0 bridgehead atoms. The third-order valence-corrected chi connectivity index (χ3v) is 3.73. The normalized spacial score (nSPS) is 25.1. The lowest BCUT2D eigenvalue weighted by molar-refractivity contribution is -0.133. The first-order valence-electron chi connectivity index (χ1n) is 6.98. The molecular weight excluding hydrogens is 198 g/mol. The monoisotopic (exact) mass is 225 g/mol. The Hall–Kier alpha value is -0.530. The second-order valence-electron chi connectivity index (χ2n) is 5.24. The molecule has 1 heterocycles. The lowest BCUT2D eigenvalue weighted by Gasteiger charge is -2.26. The second kappa shape index (κ2) is 6.93. The highest BCUT2D eigenvalue weighted by atomic mass is 16.2. The van der Waals surface area contributed by atoms with Crippen LogP contribution < -0.4 is 0 Å². The number of likely N-dealkylation sites (tertiary alicyclic amines) is 1. The van der Waals surface area contributed by atoms with Gasteiger partial charge in [0.15, 0.2) is 0 Å². The van der Waals surface area contributed by atoms with Crippen LogP contribution in [-0.2, 0) is 4.79 Å². The summed E-state index contributed by atoms with van der Waals surface area (Å²) in [6.45, 7) is 6.58. The number of rotatable bonds is 6. The molecule has 1 fully saturated rings. The maximum Gasteiger partial charge on any atom is 0.223 e. The van der Waals surface area contributed by atoms with Crippen LogP contribution in [0, 0.1) is 0 Å². The summed E-state index contributed by atoms with van der Waals surface area (Å²) in [7, 11) is 0. The summed E-state index contributed by atoms with van der Waals surface area (Å²) in [5, 5.41) is 0. The SMILES string of the molecule is CCCCCCCC(=O)N1[C@H](C)CC[C@H]1C. The van der Waals surface area contributed by atoms with Gasteiger partial charge < -0.3 is 4.90 Å². The van der Waals surface area contributed by atoms with Crippen molar-refractivity contribution in [3.63, 3.8) is 0 Å². The minimum atomic E-state index is 0.383. The third-order valence-electron chi connectivity index (χ3n) is 3.73. The van der Waals surface area contributed by atoms with E-state index in [1.807, 2.05) is 0 Å². The second-order valence-corrected chi connectivity index (χ2v) is 5.24. The highest BCUT2D eigenvalue weighted by Crippen LogP contribution is 2.24. The molecule has 0 aliphatic carbocycles. The molecule has 2 atom stereocenters. The smallest absolute Gasteiger partial charge is 0.223 e. The van der Waals surface area contributed by atoms with E-state index in [-0.39, 0.29) is 0 Å². The van der Waals surface area contributed by atoms with Gasteiger partial charge in [0.1, 0.15) is 0 Å². The van der Waals surface area contributed by atoms with Gasteiger partial charge in [-0.2, -0.15) is 0 Å². The Morgan fingerprint density at radius 3 is 2.19 bits per heavy atom. The summed E-state index contributed by atoms with van der Waals surface area (Å²) < 4.78 is 0. The fraction of sp³-hybridized carbons (Fsp3) is 0.929. The highest BCUT2D eigenvalue weighted by Gasteiger charge is 2.30. The summed E-state index contributed by atoms with van der Waals surface area (Å²) in [6.07, 6.45) is 9.29. The number of nitrogens with zero attached hydrogens (tertiary/aromatic N) is 1. The van der Waals surface area contributed by atoms with Gasteiger partial charge >= 0.3 is 0 Å². The topological polar surface area (TPSA) is 20.3 Å². The molecule has 1 saturated heterocycles. The average molecular weight is 225 g/mol. The number of hydrogen-bond donors (Lipinski definition) is 0. The molecule has 0 N–H and O–H groups in total. The lowest BCUT2D eigenvalue weighted by atomic mass is 10.1. The van der Waals surface area contributed by atoms with Gasteiger partial charge in [-0.15, -0.1) is 0 Å². The molecule has 2 heteroatoms. The Balaban J connectivity index is 2.19. The summed E-state index contributed by atoms with van der Waals surface area (Å²) in [5.41, 5.74) is 0. The van der Waals surface area contributed by atoms with Crippen LogP contribution in [0.4, 0.5) is 0 Å². The molecule has 1 aliphatic heterocycles. The van der Waals surface area contributed by atoms with E-state index < -0.39 is 0 Å². The molecule has 0 aromatic rings. The first kappa shape index (κ1) is 13.5. The predicted molar refractivity (Wildman–Crippen MR) is 68.4 cm³/mol. The van der Waals surface area contributed by atoms with Crippen molar-refractivity contribution in [2.24, 2.45) is 0 Å². The van der Waals surface area contributed by atoms with Crippen molar-refractivity contribution in [2.45, 2.75) is 84.2 Å². The number of carbonyl (C=O) groups excluding carboxylic acids is 1. The van der Waals surface area contributed by atoms with Crippen LogP contribution >= 0.6 is 0 Å². The molecule has 2 nitrogen and oxygen atoms in total. The lowest BCUT2D eigenvalue weighted by Crippen LogP contribution is -2.38. The van der Waals surface area contributed by atoms with Crippen LogP contribution in [0.15, 0.2) is 0 Å². The largest absolute Gasteiger partial charge is 0.337 e. The van der Waals surface area contributed by atoms with Crippen LogP contribution in [0.5, 0.6) is 0 Å². The van der Waals surface area contributed by atoms with Crippen LogP contribution in [0.25, 0.3) is 0 Å². The van der Waals surface area contributed by atoms with Gasteiger partial charge in [-0.3, -0.25) is 4.79 Å². The van der Waals surface area contributed by atoms with E-state index in [4.69, 9.17) is 0 Å². The van der Waals surface area contributed by atoms with Crippen molar-refractivity contribution in [3.05, 3.63) is 0 Å². The molecular formula is C14H27NO. The van der Waals surface area contributed by atoms with Gasteiger partial charge in [0.25, 0.3) is 0 Å². The maximum absolute atomic E-state index is 12.0. The van der Waals surface area contributed by atoms with Crippen LogP contribution in [0.3, 0.4) is 0 Å². The van der Waals surface area contributed by atoms with Gasteiger partial charge in [0.05, 0.1) is 0 Å². The van der Waals surface area contributed by atoms with E-state index in [0.717, 1.165) is 12.8 Å². The van der Waals surface area contributed by atoms with Crippen molar-refractivity contribution in [1.82, 2.24) is 4.90 Å². The standard InChI is InChI=1S/C14H27NO/c1-4-5-6-7-8-9-14(16)15-12(2)10-11-13(15)3/h12-13H,4-11H2,1-3H3/t12-,13-/m1/s1. The highest BCUT2D eigenvalue weighted by molar-refractivity contribution is 5.77. The first-order valence-corrected chi connectivity index (χ1v) is 6.98. The Morgan fingerprint density at radius 2 is 1.62 bits per heavy atom. The van der Waals surface area contributed by atoms with E-state index in [0.29, 0.717) is 18.0 Å². The molecule has 1 aliphatic rings. The van der Waals surface area contributed by atoms with E-state index >= 15 is 0 Å². The molecule has 1 rings (SSSR count).